The number of methoxy groups -OCH3 is 1. The second kappa shape index (κ2) is 5.60. The van der Waals surface area contributed by atoms with Crippen molar-refractivity contribution in [3.8, 4) is 6.07 Å². The van der Waals surface area contributed by atoms with Gasteiger partial charge < -0.3 is 9.64 Å². The molecule has 0 bridgehead atoms. The van der Waals surface area contributed by atoms with Crippen LogP contribution in [0.25, 0.3) is 0 Å². The van der Waals surface area contributed by atoms with Crippen LogP contribution < -0.4 is 4.90 Å². The SMILES string of the molecule is COC1CN(c2ccc(C#N)c(Cl)c2)CCC1C. The maximum absolute atomic E-state index is 8.87. The van der Waals surface area contributed by atoms with E-state index in [0.717, 1.165) is 25.2 Å². The molecule has 0 aliphatic carbocycles. The van der Waals surface area contributed by atoms with Gasteiger partial charge in [0, 0.05) is 25.9 Å². The van der Waals surface area contributed by atoms with E-state index in [9.17, 15) is 0 Å². The van der Waals surface area contributed by atoms with Crippen molar-refractivity contribution in [3.05, 3.63) is 28.8 Å². The van der Waals surface area contributed by atoms with Crippen molar-refractivity contribution in [1.82, 2.24) is 0 Å². The van der Waals surface area contributed by atoms with Crippen LogP contribution in [0.2, 0.25) is 5.02 Å². The van der Waals surface area contributed by atoms with Crippen LogP contribution in [0, 0.1) is 17.2 Å². The van der Waals surface area contributed by atoms with Crippen molar-refractivity contribution in [3.63, 3.8) is 0 Å². The topological polar surface area (TPSA) is 36.3 Å². The highest BCUT2D eigenvalue weighted by molar-refractivity contribution is 6.32. The van der Waals surface area contributed by atoms with Crippen LogP contribution >= 0.6 is 11.6 Å². The maximum Gasteiger partial charge on any atom is 0.101 e. The lowest BCUT2D eigenvalue weighted by Crippen LogP contribution is -2.43. The third kappa shape index (κ3) is 2.60. The molecule has 0 saturated carbocycles. The Morgan fingerprint density at radius 2 is 2.28 bits per heavy atom. The minimum absolute atomic E-state index is 0.258. The van der Waals surface area contributed by atoms with Gasteiger partial charge in [-0.2, -0.15) is 5.26 Å². The van der Waals surface area contributed by atoms with Gasteiger partial charge in [-0.15, -0.1) is 0 Å². The van der Waals surface area contributed by atoms with E-state index in [4.69, 9.17) is 21.6 Å². The van der Waals surface area contributed by atoms with Crippen molar-refractivity contribution in [2.45, 2.75) is 19.4 Å². The first-order valence-corrected chi connectivity index (χ1v) is 6.51. The minimum Gasteiger partial charge on any atom is -0.379 e. The average Bonchev–Trinajstić information content (AvgIpc) is 2.39. The molecule has 18 heavy (non-hydrogen) atoms. The molecule has 1 heterocycles. The zero-order valence-electron chi connectivity index (χ0n) is 10.7. The van der Waals surface area contributed by atoms with E-state index < -0.39 is 0 Å². The Morgan fingerprint density at radius 1 is 1.50 bits per heavy atom. The summed E-state index contributed by atoms with van der Waals surface area (Å²) < 4.78 is 5.50. The average molecular weight is 265 g/mol. The van der Waals surface area contributed by atoms with E-state index >= 15 is 0 Å². The van der Waals surface area contributed by atoms with Crippen LogP contribution in [0.15, 0.2) is 18.2 Å². The Kier molecular flexibility index (Phi) is 4.11. The lowest BCUT2D eigenvalue weighted by atomic mass is 9.95. The summed E-state index contributed by atoms with van der Waals surface area (Å²) in [6.07, 6.45) is 1.36. The Hall–Kier alpha value is -1.24. The highest BCUT2D eigenvalue weighted by Gasteiger charge is 2.26. The van der Waals surface area contributed by atoms with Gasteiger partial charge in [-0.3, -0.25) is 0 Å². The number of halogens is 1. The normalized spacial score (nSPS) is 23.8. The van der Waals surface area contributed by atoms with Crippen LogP contribution in [0.3, 0.4) is 0 Å². The largest absolute Gasteiger partial charge is 0.379 e. The molecule has 2 unspecified atom stereocenters. The summed E-state index contributed by atoms with van der Waals surface area (Å²) in [5, 5.41) is 9.38. The molecule has 1 aromatic rings. The molecule has 0 N–H and O–H groups in total. The monoisotopic (exact) mass is 264 g/mol. The van der Waals surface area contributed by atoms with Crippen molar-refractivity contribution < 1.29 is 4.74 Å². The maximum atomic E-state index is 8.87. The van der Waals surface area contributed by atoms with Gasteiger partial charge in [0.2, 0.25) is 0 Å². The van der Waals surface area contributed by atoms with Crippen LogP contribution in [-0.2, 0) is 4.74 Å². The summed E-state index contributed by atoms with van der Waals surface area (Å²) in [6.45, 7) is 4.10. The van der Waals surface area contributed by atoms with Gasteiger partial charge in [-0.1, -0.05) is 18.5 Å². The molecule has 4 heteroatoms. The molecule has 1 saturated heterocycles. The van der Waals surface area contributed by atoms with Crippen LogP contribution in [-0.4, -0.2) is 26.3 Å². The molecule has 0 spiro atoms. The molecular formula is C14H17ClN2O. The van der Waals surface area contributed by atoms with Crippen molar-refractivity contribution in [1.29, 1.82) is 5.26 Å². The van der Waals surface area contributed by atoms with Gasteiger partial charge in [0.15, 0.2) is 0 Å². The van der Waals surface area contributed by atoms with E-state index in [0.29, 0.717) is 16.5 Å². The highest BCUT2D eigenvalue weighted by atomic mass is 35.5. The van der Waals surface area contributed by atoms with E-state index in [1.54, 1.807) is 13.2 Å². The third-order valence-electron chi connectivity index (χ3n) is 3.63. The number of hydrogen-bond donors (Lipinski definition) is 0. The van der Waals surface area contributed by atoms with Gasteiger partial charge in [-0.25, -0.2) is 0 Å². The summed E-state index contributed by atoms with van der Waals surface area (Å²) in [5.41, 5.74) is 1.59. The number of hydrogen-bond acceptors (Lipinski definition) is 3. The molecule has 2 atom stereocenters. The first-order valence-electron chi connectivity index (χ1n) is 6.13. The van der Waals surface area contributed by atoms with Crippen LogP contribution in [0.4, 0.5) is 5.69 Å². The number of anilines is 1. The Bertz CT molecular complexity index is 469. The number of piperidine rings is 1. The molecule has 0 radical (unpaired) electrons. The number of nitrogens with zero attached hydrogens (tertiary/aromatic N) is 2. The molecule has 96 valence electrons. The summed E-state index contributed by atoms with van der Waals surface area (Å²) >= 11 is 6.07. The Balaban J connectivity index is 2.17. The fourth-order valence-corrected chi connectivity index (χ4v) is 2.58. The molecule has 1 aromatic carbocycles. The summed E-state index contributed by atoms with van der Waals surface area (Å²) in [5.74, 6) is 0.583. The molecule has 0 amide bonds. The first kappa shape index (κ1) is 13.2. The zero-order chi connectivity index (χ0) is 13.1. The molecule has 3 nitrogen and oxygen atoms in total. The molecule has 1 aliphatic heterocycles. The van der Waals surface area contributed by atoms with Gasteiger partial charge in [0.1, 0.15) is 6.07 Å². The van der Waals surface area contributed by atoms with Gasteiger partial charge in [0.25, 0.3) is 0 Å². The Labute approximate surface area is 113 Å². The quantitative estimate of drug-likeness (QED) is 0.824. The molecule has 0 aromatic heterocycles. The van der Waals surface area contributed by atoms with E-state index in [-0.39, 0.29) is 6.10 Å². The second-order valence-electron chi connectivity index (χ2n) is 4.76. The fourth-order valence-electron chi connectivity index (χ4n) is 2.37. The summed E-state index contributed by atoms with van der Waals surface area (Å²) in [7, 11) is 1.76. The predicted molar refractivity (Wildman–Crippen MR) is 73.0 cm³/mol. The first-order chi connectivity index (χ1) is 8.65. The number of rotatable bonds is 2. The highest BCUT2D eigenvalue weighted by Crippen LogP contribution is 2.28. The van der Waals surface area contributed by atoms with Crippen molar-refractivity contribution >= 4 is 17.3 Å². The molecule has 1 fully saturated rings. The summed E-state index contributed by atoms with van der Waals surface area (Å²) in [6, 6.07) is 7.67. The lowest BCUT2D eigenvalue weighted by Gasteiger charge is -2.37. The van der Waals surface area contributed by atoms with Crippen LogP contribution in [0.1, 0.15) is 18.9 Å². The van der Waals surface area contributed by atoms with Crippen LogP contribution in [0.5, 0.6) is 0 Å². The van der Waals surface area contributed by atoms with E-state index in [2.05, 4.69) is 17.9 Å². The van der Waals surface area contributed by atoms with E-state index in [1.165, 1.54) is 0 Å². The number of nitriles is 1. The lowest BCUT2D eigenvalue weighted by molar-refractivity contribution is 0.0498. The van der Waals surface area contributed by atoms with Crippen molar-refractivity contribution in [2.24, 2.45) is 5.92 Å². The predicted octanol–water partition coefficient (Wildman–Crippen LogP) is 3.07. The molecule has 1 aliphatic rings. The minimum atomic E-state index is 0.258. The standard InChI is InChI=1S/C14H17ClN2O/c1-10-5-6-17(9-14(10)18-2)12-4-3-11(8-16)13(15)7-12/h3-4,7,10,14H,5-6,9H2,1-2H3. The molecule has 2 rings (SSSR count). The Morgan fingerprint density at radius 3 is 2.89 bits per heavy atom. The molecular weight excluding hydrogens is 248 g/mol. The zero-order valence-corrected chi connectivity index (χ0v) is 11.4. The van der Waals surface area contributed by atoms with Gasteiger partial charge in [0.05, 0.1) is 16.7 Å². The summed E-state index contributed by atoms with van der Waals surface area (Å²) in [4.78, 5) is 2.27. The second-order valence-corrected chi connectivity index (χ2v) is 5.17. The fraction of sp³-hybridized carbons (Fsp3) is 0.500. The third-order valence-corrected chi connectivity index (χ3v) is 3.94. The van der Waals surface area contributed by atoms with Gasteiger partial charge >= 0.3 is 0 Å². The van der Waals surface area contributed by atoms with E-state index in [1.807, 2.05) is 12.1 Å². The number of ether oxygens (including phenoxy) is 1. The smallest absolute Gasteiger partial charge is 0.101 e. The number of benzene rings is 1. The van der Waals surface area contributed by atoms with Crippen molar-refractivity contribution in [2.75, 3.05) is 25.1 Å². The van der Waals surface area contributed by atoms with Gasteiger partial charge in [-0.05, 0) is 30.5 Å².